The molecule has 0 saturated heterocycles. The van der Waals surface area contributed by atoms with E-state index in [1.807, 2.05) is 12.8 Å². The summed E-state index contributed by atoms with van der Waals surface area (Å²) in [6.07, 6.45) is 0.812. The first kappa shape index (κ1) is 18.4. The normalized spacial score (nSPS) is 10.5. The summed E-state index contributed by atoms with van der Waals surface area (Å²) in [6.45, 7) is 2.44. The third-order valence-corrected chi connectivity index (χ3v) is 2.15. The highest BCUT2D eigenvalue weighted by Gasteiger charge is 2.16. The van der Waals surface area contributed by atoms with Crippen molar-refractivity contribution < 1.29 is 4.79 Å². The second kappa shape index (κ2) is 9.32. The summed E-state index contributed by atoms with van der Waals surface area (Å²) in [7, 11) is 0. The van der Waals surface area contributed by atoms with Crippen LogP contribution in [0.1, 0.15) is 23.8 Å². The van der Waals surface area contributed by atoms with Gasteiger partial charge in [-0.25, -0.2) is 9.97 Å². The van der Waals surface area contributed by atoms with Gasteiger partial charge in [0.25, 0.3) is 5.91 Å². The van der Waals surface area contributed by atoms with Crippen LogP contribution in [-0.2, 0) is 0 Å². The lowest BCUT2D eigenvalue weighted by molar-refractivity contribution is 0.0972. The van der Waals surface area contributed by atoms with Crippen molar-refractivity contribution in [2.75, 3.05) is 23.8 Å². The van der Waals surface area contributed by atoms with Gasteiger partial charge >= 0.3 is 0 Å². The Morgan fingerprint density at radius 2 is 1.95 bits per heavy atom. The van der Waals surface area contributed by atoms with Crippen molar-refractivity contribution in [1.82, 2.24) is 15.3 Å². The third-order valence-electron chi connectivity index (χ3n) is 1.87. The van der Waals surface area contributed by atoms with Crippen LogP contribution >= 0.6 is 27.5 Å². The third kappa shape index (κ3) is 5.57. The fourth-order valence-electron chi connectivity index (χ4n) is 1.06. The van der Waals surface area contributed by atoms with Gasteiger partial charge in [0.2, 0.25) is 0 Å². The molecule has 1 rings (SSSR count). The number of amides is 1. The Hall–Kier alpha value is -1.61. The Balaban J connectivity index is 0.00000172. The molecule has 1 heterocycles. The molecule has 20 heavy (non-hydrogen) atoms. The monoisotopic (exact) mass is 365 g/mol. The van der Waals surface area contributed by atoms with Gasteiger partial charge in [0.1, 0.15) is 0 Å². The number of nitrogens with zero attached hydrogens (tertiary/aromatic N) is 3. The second-order valence-electron chi connectivity index (χ2n) is 3.35. The van der Waals surface area contributed by atoms with E-state index < -0.39 is 5.91 Å². The Bertz CT molecular complexity index is 495. The van der Waals surface area contributed by atoms with E-state index in [-0.39, 0.29) is 28.4 Å². The van der Waals surface area contributed by atoms with Crippen LogP contribution in [0.15, 0.2) is 4.99 Å². The van der Waals surface area contributed by atoms with Crippen molar-refractivity contribution in [2.45, 2.75) is 13.3 Å². The molecule has 0 radical (unpaired) electrons. The minimum atomic E-state index is -0.640. The van der Waals surface area contributed by atoms with Gasteiger partial charge in [-0.15, -0.1) is 0 Å². The minimum absolute atomic E-state index is 0.0176. The highest BCUT2D eigenvalue weighted by molar-refractivity contribution is 9.08. The number of nitrogens with one attached hydrogen (secondary N) is 1. The molecular weight excluding hydrogens is 350 g/mol. The molecule has 0 bridgehead atoms. The lowest BCUT2D eigenvalue weighted by Crippen LogP contribution is -2.38. The van der Waals surface area contributed by atoms with Gasteiger partial charge in [-0.1, -0.05) is 34.5 Å². The Morgan fingerprint density at radius 3 is 2.50 bits per heavy atom. The van der Waals surface area contributed by atoms with E-state index in [1.54, 1.807) is 0 Å². The maximum Gasteiger partial charge on any atom is 0.280 e. The van der Waals surface area contributed by atoms with E-state index >= 15 is 0 Å². The zero-order valence-electron chi connectivity index (χ0n) is 11.2. The molecule has 0 aliphatic heterocycles. The molecule has 10 heteroatoms. The van der Waals surface area contributed by atoms with E-state index in [1.165, 1.54) is 0 Å². The molecule has 0 aliphatic rings. The predicted octanol–water partition coefficient (Wildman–Crippen LogP) is 0.760. The number of aliphatic imine (C=N–C) groups is 1. The van der Waals surface area contributed by atoms with Gasteiger partial charge in [-0.2, -0.15) is 0 Å². The summed E-state index contributed by atoms with van der Waals surface area (Å²) in [5.74, 6) is 0.985. The molecular formula is C10H17BrClN7O. The average Bonchev–Trinajstić information content (AvgIpc) is 2.42. The highest BCUT2D eigenvalue weighted by Crippen LogP contribution is 2.16. The maximum atomic E-state index is 11.7. The van der Waals surface area contributed by atoms with Crippen LogP contribution in [0.5, 0.6) is 0 Å². The Morgan fingerprint density at radius 1 is 1.35 bits per heavy atom. The van der Waals surface area contributed by atoms with Crippen molar-refractivity contribution in [2.24, 2.45) is 10.7 Å². The number of alkyl halides is 1. The van der Waals surface area contributed by atoms with Crippen molar-refractivity contribution in [3.8, 4) is 0 Å². The number of guanidine groups is 1. The first-order chi connectivity index (χ1) is 9.45. The molecule has 0 spiro atoms. The fourth-order valence-corrected chi connectivity index (χ4v) is 1.18. The molecule has 8 nitrogen and oxygen atoms in total. The van der Waals surface area contributed by atoms with E-state index in [4.69, 9.17) is 28.8 Å². The lowest BCUT2D eigenvalue weighted by atomic mass is 10.4. The summed E-state index contributed by atoms with van der Waals surface area (Å²) < 4.78 is 0. The molecule has 1 aromatic heterocycles. The number of nitrogen functional groups attached to an aromatic ring is 2. The number of hydrogen-bond acceptors (Lipinski definition) is 6. The molecule has 0 unspecified atom stereocenters. The largest absolute Gasteiger partial charge is 0.382 e. The van der Waals surface area contributed by atoms with E-state index in [2.05, 4.69) is 36.2 Å². The number of rotatable bonds is 3. The Labute approximate surface area is 130 Å². The van der Waals surface area contributed by atoms with Crippen LogP contribution in [0.4, 0.5) is 11.6 Å². The first-order valence-electron chi connectivity index (χ1n) is 5.53. The van der Waals surface area contributed by atoms with Crippen LogP contribution in [0.3, 0.4) is 0 Å². The number of halogens is 2. The molecule has 1 amide bonds. The zero-order chi connectivity index (χ0) is 15.7. The highest BCUT2D eigenvalue weighted by atomic mass is 79.9. The average molecular weight is 367 g/mol. The minimum Gasteiger partial charge on any atom is -0.382 e. The van der Waals surface area contributed by atoms with E-state index in [0.29, 0.717) is 6.54 Å². The number of carbonyl (C=O) groups excluding carboxylic acids is 1. The van der Waals surface area contributed by atoms with Crippen molar-refractivity contribution in [3.63, 3.8) is 0 Å². The van der Waals surface area contributed by atoms with Crippen LogP contribution in [0.25, 0.3) is 0 Å². The van der Waals surface area contributed by atoms with Crippen LogP contribution in [-0.4, -0.2) is 34.2 Å². The number of anilines is 2. The zero-order valence-corrected chi connectivity index (χ0v) is 13.5. The number of nitrogens with two attached hydrogens (primary N) is 3. The summed E-state index contributed by atoms with van der Waals surface area (Å²) >= 11 is 8.59. The molecule has 0 aromatic carbocycles. The quantitative estimate of drug-likeness (QED) is 0.353. The number of hydrogen-bond donors (Lipinski definition) is 4. The molecule has 112 valence electrons. The van der Waals surface area contributed by atoms with Gasteiger partial charge in [-0.3, -0.25) is 15.1 Å². The smallest absolute Gasteiger partial charge is 0.280 e. The molecule has 7 N–H and O–H groups in total. The summed E-state index contributed by atoms with van der Waals surface area (Å²) in [5, 5.41) is 2.23. The number of aromatic nitrogens is 2. The van der Waals surface area contributed by atoms with E-state index in [0.717, 1.165) is 6.42 Å². The molecule has 0 saturated carbocycles. The summed E-state index contributed by atoms with van der Waals surface area (Å²) in [5.41, 5.74) is 16.2. The maximum absolute atomic E-state index is 11.7. The van der Waals surface area contributed by atoms with Gasteiger partial charge < -0.3 is 17.2 Å². The van der Waals surface area contributed by atoms with Crippen molar-refractivity contribution in [1.29, 1.82) is 0 Å². The molecule has 0 fully saturated rings. The second-order valence-corrected chi connectivity index (χ2v) is 3.71. The van der Waals surface area contributed by atoms with Crippen molar-refractivity contribution in [3.05, 3.63) is 10.8 Å². The standard InChI is InChI=1S/C9H14ClN7O.CH3Br/c1-2-3-14-9(13)17-8(18)4-6(11)16-7(12)5(10)15-4;1-2/h2-3H2,1H3,(H4,11,12,16)(H3,13,14,17,18);1H3. The van der Waals surface area contributed by atoms with Crippen LogP contribution in [0, 0.1) is 0 Å². The summed E-state index contributed by atoms with van der Waals surface area (Å²) in [4.78, 5) is 23.1. The van der Waals surface area contributed by atoms with Gasteiger partial charge in [0.05, 0.1) is 0 Å². The van der Waals surface area contributed by atoms with Gasteiger partial charge in [0.15, 0.2) is 28.4 Å². The molecule has 0 aliphatic carbocycles. The SMILES string of the molecule is CBr.CCCN=C(N)NC(=O)c1nc(Cl)c(N)nc1N. The lowest BCUT2D eigenvalue weighted by Gasteiger charge is -2.07. The van der Waals surface area contributed by atoms with Crippen LogP contribution in [0.2, 0.25) is 5.15 Å². The first-order valence-corrected chi connectivity index (χ1v) is 7.49. The van der Waals surface area contributed by atoms with Gasteiger partial charge in [-0.05, 0) is 12.3 Å². The number of carbonyl (C=O) groups is 1. The Kier molecular flexibility index (Phi) is 8.57. The van der Waals surface area contributed by atoms with Crippen LogP contribution < -0.4 is 22.5 Å². The topological polar surface area (TPSA) is 145 Å². The van der Waals surface area contributed by atoms with E-state index in [9.17, 15) is 4.79 Å². The fraction of sp³-hybridized carbons (Fsp3) is 0.400. The molecule has 1 aromatic rings. The summed E-state index contributed by atoms with van der Waals surface area (Å²) in [6, 6.07) is 0. The van der Waals surface area contributed by atoms with Crippen molar-refractivity contribution >= 4 is 51.0 Å². The predicted molar refractivity (Wildman–Crippen MR) is 85.0 cm³/mol. The molecule has 0 atom stereocenters. The van der Waals surface area contributed by atoms with Gasteiger partial charge in [0, 0.05) is 6.54 Å².